The molecule has 130 valence electrons. The largest absolute Gasteiger partial charge is 0.490 e. The molecule has 0 unspecified atom stereocenters. The number of rotatable bonds is 7. The van der Waals surface area contributed by atoms with E-state index in [2.05, 4.69) is 15.0 Å². The van der Waals surface area contributed by atoms with Gasteiger partial charge in [0.05, 0.1) is 12.3 Å². The van der Waals surface area contributed by atoms with Gasteiger partial charge >= 0.3 is 6.61 Å². The molecule has 2 rings (SSSR count). The summed E-state index contributed by atoms with van der Waals surface area (Å²) in [6.45, 7) is 3.03. The summed E-state index contributed by atoms with van der Waals surface area (Å²) in [6, 6.07) is 4.05. The highest BCUT2D eigenvalue weighted by atomic mass is 32.1. The number of alkyl halides is 2. The SMILES string of the molecule is CCOc1cc(C(=O)Nc2nc(C(C)C)cs2)ccc1OC(F)F. The molecule has 8 heteroatoms. The average Bonchev–Trinajstić information content (AvgIpc) is 2.97. The number of benzene rings is 1. The predicted molar refractivity (Wildman–Crippen MR) is 88.4 cm³/mol. The van der Waals surface area contributed by atoms with Crippen LogP contribution in [0.15, 0.2) is 23.6 Å². The van der Waals surface area contributed by atoms with Gasteiger partial charge in [-0.2, -0.15) is 8.78 Å². The Morgan fingerprint density at radius 2 is 2.08 bits per heavy atom. The monoisotopic (exact) mass is 356 g/mol. The van der Waals surface area contributed by atoms with Crippen molar-refractivity contribution in [2.24, 2.45) is 0 Å². The van der Waals surface area contributed by atoms with E-state index in [1.54, 1.807) is 6.92 Å². The molecule has 1 aromatic carbocycles. The number of ether oxygens (including phenoxy) is 2. The van der Waals surface area contributed by atoms with Gasteiger partial charge in [-0.3, -0.25) is 10.1 Å². The molecule has 0 saturated heterocycles. The molecule has 0 aliphatic carbocycles. The van der Waals surface area contributed by atoms with Crippen molar-refractivity contribution >= 4 is 22.4 Å². The highest BCUT2D eigenvalue weighted by Crippen LogP contribution is 2.30. The number of carbonyl (C=O) groups is 1. The van der Waals surface area contributed by atoms with E-state index < -0.39 is 12.5 Å². The van der Waals surface area contributed by atoms with E-state index in [0.29, 0.717) is 5.13 Å². The van der Waals surface area contributed by atoms with Crippen LogP contribution in [0.1, 0.15) is 42.7 Å². The molecule has 0 atom stereocenters. The Morgan fingerprint density at radius 1 is 1.33 bits per heavy atom. The molecule has 0 radical (unpaired) electrons. The lowest BCUT2D eigenvalue weighted by atomic mass is 10.2. The van der Waals surface area contributed by atoms with Crippen LogP contribution in [-0.2, 0) is 0 Å². The third-order valence-corrected chi connectivity index (χ3v) is 3.83. The number of carbonyl (C=O) groups excluding carboxylic acids is 1. The zero-order valence-electron chi connectivity index (χ0n) is 13.5. The molecule has 5 nitrogen and oxygen atoms in total. The first-order chi connectivity index (χ1) is 11.4. The number of amides is 1. The lowest BCUT2D eigenvalue weighted by molar-refractivity contribution is -0.0514. The van der Waals surface area contributed by atoms with Crippen LogP contribution in [0.4, 0.5) is 13.9 Å². The number of anilines is 1. The van der Waals surface area contributed by atoms with Gasteiger partial charge < -0.3 is 9.47 Å². The van der Waals surface area contributed by atoms with Crippen LogP contribution < -0.4 is 14.8 Å². The maximum absolute atomic E-state index is 12.4. The standard InChI is InChI=1S/C16H18F2N2O3S/c1-4-22-13-7-10(5-6-12(13)23-15(17)18)14(21)20-16-19-11(8-24-16)9(2)3/h5-9,15H,4H2,1-3H3,(H,19,20,21). The fraction of sp³-hybridized carbons (Fsp3) is 0.375. The Labute approximate surface area is 142 Å². The second-order valence-electron chi connectivity index (χ2n) is 5.16. The number of nitrogens with one attached hydrogen (secondary N) is 1. The van der Waals surface area contributed by atoms with Gasteiger partial charge in [-0.05, 0) is 31.0 Å². The van der Waals surface area contributed by atoms with Crippen molar-refractivity contribution in [3.8, 4) is 11.5 Å². The third-order valence-electron chi connectivity index (χ3n) is 3.06. The Kier molecular flexibility index (Phi) is 6.08. The van der Waals surface area contributed by atoms with Gasteiger partial charge in [-0.25, -0.2) is 4.98 Å². The molecular formula is C16H18F2N2O3S. The second kappa shape index (κ2) is 8.05. The summed E-state index contributed by atoms with van der Waals surface area (Å²) < 4.78 is 34.4. The fourth-order valence-electron chi connectivity index (χ4n) is 1.89. The minimum atomic E-state index is -2.96. The fourth-order valence-corrected chi connectivity index (χ4v) is 2.76. The normalized spacial score (nSPS) is 11.0. The molecule has 0 aliphatic heterocycles. The number of hydrogen-bond donors (Lipinski definition) is 1. The van der Waals surface area contributed by atoms with E-state index in [1.807, 2.05) is 19.2 Å². The predicted octanol–water partition coefficient (Wildman–Crippen LogP) is 4.52. The number of aromatic nitrogens is 1. The molecular weight excluding hydrogens is 338 g/mol. The zero-order valence-corrected chi connectivity index (χ0v) is 14.3. The molecule has 0 spiro atoms. The Bertz CT molecular complexity index is 704. The quantitative estimate of drug-likeness (QED) is 0.792. The van der Waals surface area contributed by atoms with Crippen LogP contribution >= 0.6 is 11.3 Å². The Hall–Kier alpha value is -2.22. The van der Waals surface area contributed by atoms with E-state index >= 15 is 0 Å². The lowest BCUT2D eigenvalue weighted by Crippen LogP contribution is -2.13. The summed E-state index contributed by atoms with van der Waals surface area (Å²) >= 11 is 1.33. The molecule has 24 heavy (non-hydrogen) atoms. The van der Waals surface area contributed by atoms with E-state index in [1.165, 1.54) is 29.5 Å². The van der Waals surface area contributed by atoms with Crippen LogP contribution in [0.5, 0.6) is 11.5 Å². The highest BCUT2D eigenvalue weighted by Gasteiger charge is 2.16. The van der Waals surface area contributed by atoms with Gasteiger partial charge in [0.1, 0.15) is 0 Å². The second-order valence-corrected chi connectivity index (χ2v) is 6.02. The van der Waals surface area contributed by atoms with Crippen LogP contribution in [0.2, 0.25) is 0 Å². The minimum Gasteiger partial charge on any atom is -0.490 e. The summed E-state index contributed by atoms with van der Waals surface area (Å²) in [7, 11) is 0. The van der Waals surface area contributed by atoms with Crippen molar-refractivity contribution in [2.45, 2.75) is 33.3 Å². The molecule has 1 heterocycles. The first kappa shape index (κ1) is 18.1. The zero-order chi connectivity index (χ0) is 17.7. The first-order valence-corrected chi connectivity index (χ1v) is 8.27. The van der Waals surface area contributed by atoms with Gasteiger partial charge in [0.15, 0.2) is 16.6 Å². The van der Waals surface area contributed by atoms with Gasteiger partial charge in [0.25, 0.3) is 5.91 Å². The number of hydrogen-bond acceptors (Lipinski definition) is 5. The molecule has 0 bridgehead atoms. The molecule has 0 saturated carbocycles. The molecule has 0 fully saturated rings. The van der Waals surface area contributed by atoms with Crippen LogP contribution in [0.25, 0.3) is 0 Å². The minimum absolute atomic E-state index is 0.0902. The van der Waals surface area contributed by atoms with Crippen molar-refractivity contribution in [1.82, 2.24) is 4.98 Å². The molecule has 1 aromatic heterocycles. The first-order valence-electron chi connectivity index (χ1n) is 7.39. The van der Waals surface area contributed by atoms with E-state index in [4.69, 9.17) is 4.74 Å². The van der Waals surface area contributed by atoms with Gasteiger partial charge in [0, 0.05) is 10.9 Å². The lowest BCUT2D eigenvalue weighted by Gasteiger charge is -2.12. The number of thiazole rings is 1. The van der Waals surface area contributed by atoms with Crippen LogP contribution in [-0.4, -0.2) is 24.1 Å². The Morgan fingerprint density at radius 3 is 2.67 bits per heavy atom. The summed E-state index contributed by atoms with van der Waals surface area (Å²) in [4.78, 5) is 16.6. The third kappa shape index (κ3) is 4.64. The van der Waals surface area contributed by atoms with E-state index in [-0.39, 0.29) is 29.6 Å². The smallest absolute Gasteiger partial charge is 0.387 e. The molecule has 1 N–H and O–H groups in total. The van der Waals surface area contributed by atoms with Crippen molar-refractivity contribution in [2.75, 3.05) is 11.9 Å². The average molecular weight is 356 g/mol. The van der Waals surface area contributed by atoms with Gasteiger partial charge in [-0.1, -0.05) is 13.8 Å². The number of halogens is 2. The van der Waals surface area contributed by atoms with Crippen LogP contribution in [0.3, 0.4) is 0 Å². The summed E-state index contributed by atoms with van der Waals surface area (Å²) in [5, 5.41) is 5.05. The Balaban J connectivity index is 2.17. The van der Waals surface area contributed by atoms with Gasteiger partial charge in [0.2, 0.25) is 0 Å². The summed E-state index contributed by atoms with van der Waals surface area (Å²) in [5.74, 6) is -0.154. The van der Waals surface area contributed by atoms with Crippen molar-refractivity contribution < 1.29 is 23.0 Å². The van der Waals surface area contributed by atoms with Crippen molar-refractivity contribution in [1.29, 1.82) is 0 Å². The van der Waals surface area contributed by atoms with Crippen LogP contribution in [0, 0.1) is 0 Å². The molecule has 2 aromatic rings. The van der Waals surface area contributed by atoms with Crippen molar-refractivity contribution in [3.63, 3.8) is 0 Å². The summed E-state index contributed by atoms with van der Waals surface area (Å²) in [5.41, 5.74) is 1.16. The molecule has 1 amide bonds. The van der Waals surface area contributed by atoms with Gasteiger partial charge in [-0.15, -0.1) is 11.3 Å². The molecule has 0 aliphatic rings. The maximum Gasteiger partial charge on any atom is 0.387 e. The van der Waals surface area contributed by atoms with E-state index in [0.717, 1.165) is 5.69 Å². The maximum atomic E-state index is 12.4. The summed E-state index contributed by atoms with van der Waals surface area (Å²) in [6.07, 6.45) is 0. The van der Waals surface area contributed by atoms with Crippen molar-refractivity contribution in [3.05, 3.63) is 34.8 Å². The topological polar surface area (TPSA) is 60.5 Å². The van der Waals surface area contributed by atoms with E-state index in [9.17, 15) is 13.6 Å². The number of nitrogens with zero attached hydrogens (tertiary/aromatic N) is 1. The highest BCUT2D eigenvalue weighted by molar-refractivity contribution is 7.14.